The Labute approximate surface area is 136 Å². The van der Waals surface area contributed by atoms with E-state index in [0.29, 0.717) is 5.92 Å². The Bertz CT molecular complexity index is 488. The van der Waals surface area contributed by atoms with E-state index in [4.69, 9.17) is 0 Å². The number of benzene rings is 2. The van der Waals surface area contributed by atoms with Gasteiger partial charge in [-0.25, -0.2) is 0 Å². The van der Waals surface area contributed by atoms with Crippen LogP contribution < -0.4 is 0 Å². The molecule has 0 unspecified atom stereocenters. The smallest absolute Gasteiger partial charge is 0.00893 e. The molecule has 0 spiro atoms. The highest BCUT2D eigenvalue weighted by Crippen LogP contribution is 2.30. The van der Waals surface area contributed by atoms with Crippen molar-refractivity contribution in [3.8, 4) is 0 Å². The van der Waals surface area contributed by atoms with Gasteiger partial charge in [-0.05, 0) is 31.4 Å². The summed E-state index contributed by atoms with van der Waals surface area (Å²) in [7, 11) is 0. The minimum atomic E-state index is 0.544. The Morgan fingerprint density at radius 1 is 0.636 bits per heavy atom. The van der Waals surface area contributed by atoms with E-state index in [1.165, 1.54) is 60.8 Å². The second kappa shape index (κ2) is 8.78. The molecule has 0 heterocycles. The Morgan fingerprint density at radius 3 is 1.55 bits per heavy atom. The highest BCUT2D eigenvalue weighted by molar-refractivity contribution is 5.35. The average Bonchev–Trinajstić information content (AvgIpc) is 2.53. The van der Waals surface area contributed by atoms with Crippen molar-refractivity contribution in [2.45, 2.75) is 65.2 Å². The van der Waals surface area contributed by atoms with Crippen molar-refractivity contribution in [2.24, 2.45) is 0 Å². The van der Waals surface area contributed by atoms with Crippen molar-refractivity contribution >= 4 is 0 Å². The molecular formula is C22H30. The van der Waals surface area contributed by atoms with Gasteiger partial charge in [0, 0.05) is 5.92 Å². The van der Waals surface area contributed by atoms with Crippen LogP contribution in [0.3, 0.4) is 0 Å². The van der Waals surface area contributed by atoms with E-state index < -0.39 is 0 Å². The standard InChI is InChI=1S/C22H30/c1-4-5-6-7-8-9-22(20-14-10-18(2)11-15-20)21-16-12-19(3)13-17-21/h10-17,22H,4-9H2,1-3H3. The van der Waals surface area contributed by atoms with Crippen LogP contribution in [0, 0.1) is 13.8 Å². The summed E-state index contributed by atoms with van der Waals surface area (Å²) in [4.78, 5) is 0. The number of unbranched alkanes of at least 4 members (excludes halogenated alkanes) is 4. The van der Waals surface area contributed by atoms with Gasteiger partial charge in [0.15, 0.2) is 0 Å². The number of rotatable bonds is 8. The van der Waals surface area contributed by atoms with E-state index in [0.717, 1.165) is 0 Å². The summed E-state index contributed by atoms with van der Waals surface area (Å²) in [6, 6.07) is 18.2. The van der Waals surface area contributed by atoms with Crippen molar-refractivity contribution in [1.29, 1.82) is 0 Å². The molecule has 0 saturated carbocycles. The van der Waals surface area contributed by atoms with E-state index in [-0.39, 0.29) is 0 Å². The SMILES string of the molecule is CCCCCCCC(c1ccc(C)cc1)c1ccc(C)cc1. The molecule has 0 atom stereocenters. The Kier molecular flexibility index (Phi) is 6.71. The molecule has 0 aliphatic heterocycles. The monoisotopic (exact) mass is 294 g/mol. The van der Waals surface area contributed by atoms with E-state index >= 15 is 0 Å². The highest BCUT2D eigenvalue weighted by Gasteiger charge is 2.13. The van der Waals surface area contributed by atoms with Crippen LogP contribution in [0.4, 0.5) is 0 Å². The lowest BCUT2D eigenvalue weighted by molar-refractivity contribution is 0.580. The fourth-order valence-corrected chi connectivity index (χ4v) is 3.08. The summed E-state index contributed by atoms with van der Waals surface area (Å²) < 4.78 is 0. The second-order valence-corrected chi connectivity index (χ2v) is 6.58. The van der Waals surface area contributed by atoms with Gasteiger partial charge in [0.1, 0.15) is 0 Å². The molecule has 0 aliphatic carbocycles. The lowest BCUT2D eigenvalue weighted by atomic mass is 9.86. The average molecular weight is 294 g/mol. The zero-order valence-electron chi connectivity index (χ0n) is 14.4. The van der Waals surface area contributed by atoms with E-state index in [9.17, 15) is 0 Å². The van der Waals surface area contributed by atoms with Gasteiger partial charge >= 0.3 is 0 Å². The van der Waals surface area contributed by atoms with Gasteiger partial charge < -0.3 is 0 Å². The zero-order valence-corrected chi connectivity index (χ0v) is 14.4. The summed E-state index contributed by atoms with van der Waals surface area (Å²) in [5.41, 5.74) is 5.61. The quantitative estimate of drug-likeness (QED) is 0.470. The summed E-state index contributed by atoms with van der Waals surface area (Å²) in [5, 5.41) is 0. The fourth-order valence-electron chi connectivity index (χ4n) is 3.08. The molecule has 0 N–H and O–H groups in total. The van der Waals surface area contributed by atoms with Crippen LogP contribution in [0.25, 0.3) is 0 Å². The number of hydrogen-bond donors (Lipinski definition) is 0. The molecule has 2 aromatic rings. The van der Waals surface area contributed by atoms with Gasteiger partial charge in [-0.15, -0.1) is 0 Å². The third kappa shape index (κ3) is 5.02. The third-order valence-electron chi connectivity index (χ3n) is 4.56. The molecule has 118 valence electrons. The van der Waals surface area contributed by atoms with Crippen LogP contribution in [0.5, 0.6) is 0 Å². The molecule has 2 aromatic carbocycles. The van der Waals surface area contributed by atoms with Crippen LogP contribution in [0.15, 0.2) is 48.5 Å². The molecule has 0 saturated heterocycles. The first kappa shape index (κ1) is 16.8. The minimum Gasteiger partial charge on any atom is -0.0654 e. The molecule has 0 aromatic heterocycles. The molecular weight excluding hydrogens is 264 g/mol. The van der Waals surface area contributed by atoms with Crippen LogP contribution in [-0.2, 0) is 0 Å². The van der Waals surface area contributed by atoms with Crippen LogP contribution in [0.1, 0.15) is 73.6 Å². The van der Waals surface area contributed by atoms with Gasteiger partial charge in [-0.3, -0.25) is 0 Å². The lowest BCUT2D eigenvalue weighted by Crippen LogP contribution is -2.02. The summed E-state index contributed by atoms with van der Waals surface area (Å²) >= 11 is 0. The Balaban J connectivity index is 2.10. The first-order valence-corrected chi connectivity index (χ1v) is 8.84. The zero-order chi connectivity index (χ0) is 15.8. The molecule has 22 heavy (non-hydrogen) atoms. The van der Waals surface area contributed by atoms with Crippen LogP contribution in [0.2, 0.25) is 0 Å². The van der Waals surface area contributed by atoms with Crippen LogP contribution in [-0.4, -0.2) is 0 Å². The fraction of sp³-hybridized carbons (Fsp3) is 0.455. The van der Waals surface area contributed by atoms with Crippen molar-refractivity contribution in [2.75, 3.05) is 0 Å². The van der Waals surface area contributed by atoms with Crippen molar-refractivity contribution in [3.63, 3.8) is 0 Å². The van der Waals surface area contributed by atoms with Crippen molar-refractivity contribution < 1.29 is 0 Å². The predicted molar refractivity (Wildman–Crippen MR) is 97.6 cm³/mol. The topological polar surface area (TPSA) is 0 Å². The summed E-state index contributed by atoms with van der Waals surface area (Å²) in [6.07, 6.45) is 8.02. The molecule has 0 aliphatic rings. The third-order valence-corrected chi connectivity index (χ3v) is 4.56. The van der Waals surface area contributed by atoms with Gasteiger partial charge in [0.25, 0.3) is 0 Å². The molecule has 0 nitrogen and oxygen atoms in total. The first-order chi connectivity index (χ1) is 10.7. The van der Waals surface area contributed by atoms with E-state index in [1.54, 1.807) is 0 Å². The maximum Gasteiger partial charge on any atom is 0.00893 e. The molecule has 0 radical (unpaired) electrons. The number of aryl methyl sites for hydroxylation is 2. The normalized spacial score (nSPS) is 11.1. The number of hydrogen-bond acceptors (Lipinski definition) is 0. The van der Waals surface area contributed by atoms with Crippen molar-refractivity contribution in [3.05, 3.63) is 70.8 Å². The van der Waals surface area contributed by atoms with E-state index in [2.05, 4.69) is 69.3 Å². The minimum absolute atomic E-state index is 0.544. The Morgan fingerprint density at radius 2 is 1.09 bits per heavy atom. The van der Waals surface area contributed by atoms with Gasteiger partial charge in [-0.2, -0.15) is 0 Å². The van der Waals surface area contributed by atoms with Gasteiger partial charge in [-0.1, -0.05) is 98.7 Å². The largest absolute Gasteiger partial charge is 0.0654 e. The maximum absolute atomic E-state index is 2.31. The van der Waals surface area contributed by atoms with Gasteiger partial charge in [0.05, 0.1) is 0 Å². The maximum atomic E-state index is 2.31. The van der Waals surface area contributed by atoms with E-state index in [1.807, 2.05) is 0 Å². The summed E-state index contributed by atoms with van der Waals surface area (Å²) in [5.74, 6) is 0.544. The molecule has 0 amide bonds. The molecule has 2 rings (SSSR count). The molecule has 0 bridgehead atoms. The Hall–Kier alpha value is -1.56. The van der Waals surface area contributed by atoms with Crippen molar-refractivity contribution in [1.82, 2.24) is 0 Å². The van der Waals surface area contributed by atoms with Gasteiger partial charge in [0.2, 0.25) is 0 Å². The van der Waals surface area contributed by atoms with Crippen LogP contribution >= 0.6 is 0 Å². The predicted octanol–water partition coefficient (Wildman–Crippen LogP) is 6.80. The summed E-state index contributed by atoms with van der Waals surface area (Å²) in [6.45, 7) is 6.60. The highest BCUT2D eigenvalue weighted by atomic mass is 14.2. The lowest BCUT2D eigenvalue weighted by Gasteiger charge is -2.19. The molecule has 0 heteroatoms. The molecule has 0 fully saturated rings. The first-order valence-electron chi connectivity index (χ1n) is 8.84. The second-order valence-electron chi connectivity index (χ2n) is 6.58.